The van der Waals surface area contributed by atoms with Gasteiger partial charge in [-0.25, -0.2) is 4.79 Å². The molecule has 0 bridgehead atoms. The number of hydrogen-bond donors (Lipinski definition) is 2. The van der Waals surface area contributed by atoms with E-state index in [4.69, 9.17) is 4.98 Å². The van der Waals surface area contributed by atoms with E-state index in [0.29, 0.717) is 17.0 Å². The Morgan fingerprint density at radius 3 is 2.62 bits per heavy atom. The lowest BCUT2D eigenvalue weighted by atomic mass is 9.93. The number of carboxylic acids is 1. The highest BCUT2D eigenvalue weighted by molar-refractivity contribution is 5.95. The maximum atomic E-state index is 11.3. The van der Waals surface area contributed by atoms with Crippen molar-refractivity contribution in [3.8, 4) is 11.3 Å². The Hall–Kier alpha value is -2.20. The van der Waals surface area contributed by atoms with E-state index in [1.807, 2.05) is 30.3 Å². The summed E-state index contributed by atoms with van der Waals surface area (Å²) < 4.78 is 0. The molecule has 1 saturated heterocycles. The molecular weight excluding hydrogens is 264 g/mol. The molecule has 21 heavy (non-hydrogen) atoms. The van der Waals surface area contributed by atoms with E-state index in [9.17, 15) is 9.90 Å². The van der Waals surface area contributed by atoms with Crippen molar-refractivity contribution in [2.45, 2.75) is 18.8 Å². The van der Waals surface area contributed by atoms with Crippen LogP contribution in [0.25, 0.3) is 11.3 Å². The highest BCUT2D eigenvalue weighted by Crippen LogP contribution is 2.27. The number of nitrogens with one attached hydrogen (secondary N) is 1. The minimum Gasteiger partial charge on any atom is -0.478 e. The molecule has 0 radical (unpaired) electrons. The van der Waals surface area contributed by atoms with E-state index < -0.39 is 5.97 Å². The summed E-state index contributed by atoms with van der Waals surface area (Å²) in [5, 5.41) is 12.7. The van der Waals surface area contributed by atoms with Gasteiger partial charge in [-0.15, -0.1) is 0 Å². The zero-order chi connectivity index (χ0) is 14.7. The highest BCUT2D eigenvalue weighted by atomic mass is 16.4. The number of aromatic nitrogens is 1. The lowest BCUT2D eigenvalue weighted by Gasteiger charge is -2.22. The molecule has 1 aliphatic heterocycles. The molecule has 2 aromatic rings. The standard InChI is InChI=1S/C17H18N2O2/c20-17(21)14-5-2-1-4-13(14)16-7-3-6-15(19-16)12-8-10-18-11-9-12/h1-7,12,18H,8-11H2,(H,20,21). The quantitative estimate of drug-likeness (QED) is 0.908. The van der Waals surface area contributed by atoms with E-state index in [1.165, 1.54) is 0 Å². The van der Waals surface area contributed by atoms with E-state index in [2.05, 4.69) is 5.32 Å². The van der Waals surface area contributed by atoms with Crippen LogP contribution in [0.3, 0.4) is 0 Å². The van der Waals surface area contributed by atoms with Crippen LogP contribution >= 0.6 is 0 Å². The van der Waals surface area contributed by atoms with Gasteiger partial charge in [-0.1, -0.05) is 24.3 Å². The van der Waals surface area contributed by atoms with Crippen molar-refractivity contribution in [1.82, 2.24) is 10.3 Å². The summed E-state index contributed by atoms with van der Waals surface area (Å²) in [6, 6.07) is 12.9. The fraction of sp³-hybridized carbons (Fsp3) is 0.294. The van der Waals surface area contributed by atoms with Crippen LogP contribution in [0.15, 0.2) is 42.5 Å². The second-order valence-corrected chi connectivity index (χ2v) is 5.32. The van der Waals surface area contributed by atoms with Crippen LogP contribution in [0.4, 0.5) is 0 Å². The van der Waals surface area contributed by atoms with Gasteiger partial charge in [0.1, 0.15) is 0 Å². The predicted molar refractivity (Wildman–Crippen MR) is 81.5 cm³/mol. The van der Waals surface area contributed by atoms with Gasteiger partial charge in [-0.3, -0.25) is 4.98 Å². The van der Waals surface area contributed by atoms with Gasteiger partial charge in [0.25, 0.3) is 0 Å². The molecule has 4 nitrogen and oxygen atoms in total. The third-order valence-electron chi connectivity index (χ3n) is 3.96. The molecule has 0 amide bonds. The maximum absolute atomic E-state index is 11.3. The minimum absolute atomic E-state index is 0.299. The van der Waals surface area contributed by atoms with Crippen molar-refractivity contribution in [2.24, 2.45) is 0 Å². The molecule has 1 aliphatic rings. The van der Waals surface area contributed by atoms with Crippen molar-refractivity contribution in [3.63, 3.8) is 0 Å². The Balaban J connectivity index is 1.98. The smallest absolute Gasteiger partial charge is 0.336 e. The molecule has 0 atom stereocenters. The van der Waals surface area contributed by atoms with Gasteiger partial charge in [0.05, 0.1) is 11.3 Å². The van der Waals surface area contributed by atoms with Gasteiger partial charge < -0.3 is 10.4 Å². The van der Waals surface area contributed by atoms with Crippen molar-refractivity contribution in [1.29, 1.82) is 0 Å². The molecule has 2 heterocycles. The van der Waals surface area contributed by atoms with Crippen molar-refractivity contribution in [3.05, 3.63) is 53.7 Å². The molecule has 2 N–H and O–H groups in total. The first-order chi connectivity index (χ1) is 10.3. The summed E-state index contributed by atoms with van der Waals surface area (Å²) in [7, 11) is 0. The zero-order valence-electron chi connectivity index (χ0n) is 11.7. The first-order valence-electron chi connectivity index (χ1n) is 7.26. The minimum atomic E-state index is -0.917. The number of hydrogen-bond acceptors (Lipinski definition) is 3. The van der Waals surface area contributed by atoms with Crippen LogP contribution in [-0.2, 0) is 0 Å². The van der Waals surface area contributed by atoms with Crippen molar-refractivity contribution < 1.29 is 9.90 Å². The van der Waals surface area contributed by atoms with Crippen molar-refractivity contribution >= 4 is 5.97 Å². The van der Waals surface area contributed by atoms with E-state index >= 15 is 0 Å². The number of benzene rings is 1. The lowest BCUT2D eigenvalue weighted by Crippen LogP contribution is -2.27. The Labute approximate surface area is 123 Å². The van der Waals surface area contributed by atoms with Gasteiger partial charge >= 0.3 is 5.97 Å². The third-order valence-corrected chi connectivity index (χ3v) is 3.96. The normalized spacial score (nSPS) is 15.8. The highest BCUT2D eigenvalue weighted by Gasteiger charge is 2.18. The zero-order valence-corrected chi connectivity index (χ0v) is 11.7. The van der Waals surface area contributed by atoms with Gasteiger partial charge in [0.15, 0.2) is 0 Å². The fourth-order valence-electron chi connectivity index (χ4n) is 2.84. The van der Waals surface area contributed by atoms with Crippen LogP contribution in [-0.4, -0.2) is 29.1 Å². The number of carbonyl (C=O) groups is 1. The molecule has 4 heteroatoms. The van der Waals surface area contributed by atoms with Crippen molar-refractivity contribution in [2.75, 3.05) is 13.1 Å². The average molecular weight is 282 g/mol. The Morgan fingerprint density at radius 1 is 1.10 bits per heavy atom. The molecule has 108 valence electrons. The molecule has 0 aliphatic carbocycles. The van der Waals surface area contributed by atoms with Gasteiger partial charge in [-0.05, 0) is 44.1 Å². The Bertz CT molecular complexity index is 649. The molecule has 0 saturated carbocycles. The molecule has 0 spiro atoms. The second kappa shape index (κ2) is 6.06. The molecule has 1 aromatic heterocycles. The molecule has 3 rings (SSSR count). The van der Waals surface area contributed by atoms with Crippen LogP contribution in [0, 0.1) is 0 Å². The summed E-state index contributed by atoms with van der Waals surface area (Å²) in [4.78, 5) is 16.1. The SMILES string of the molecule is O=C(O)c1ccccc1-c1cccc(C2CCNCC2)n1. The molecule has 1 fully saturated rings. The molecule has 1 aromatic carbocycles. The summed E-state index contributed by atoms with van der Waals surface area (Å²) in [6.45, 7) is 2.03. The van der Waals surface area contributed by atoms with E-state index in [1.54, 1.807) is 12.1 Å². The number of rotatable bonds is 3. The number of nitrogens with zero attached hydrogens (tertiary/aromatic N) is 1. The number of pyridine rings is 1. The van der Waals surface area contributed by atoms with Crippen LogP contribution in [0.1, 0.15) is 34.8 Å². The maximum Gasteiger partial charge on any atom is 0.336 e. The van der Waals surface area contributed by atoms with Gasteiger partial charge in [0.2, 0.25) is 0 Å². The van der Waals surface area contributed by atoms with Crippen LogP contribution in [0.5, 0.6) is 0 Å². The van der Waals surface area contributed by atoms with Gasteiger partial charge in [-0.2, -0.15) is 0 Å². The first kappa shape index (κ1) is 13.8. The first-order valence-corrected chi connectivity index (χ1v) is 7.26. The largest absolute Gasteiger partial charge is 0.478 e. The van der Waals surface area contributed by atoms with Crippen LogP contribution in [0.2, 0.25) is 0 Å². The van der Waals surface area contributed by atoms with E-state index in [0.717, 1.165) is 37.3 Å². The molecular formula is C17H18N2O2. The lowest BCUT2D eigenvalue weighted by molar-refractivity contribution is 0.0697. The number of piperidine rings is 1. The van der Waals surface area contributed by atoms with Crippen LogP contribution < -0.4 is 5.32 Å². The summed E-state index contributed by atoms with van der Waals surface area (Å²) >= 11 is 0. The monoisotopic (exact) mass is 282 g/mol. The summed E-state index contributed by atoms with van der Waals surface area (Å²) in [5.41, 5.74) is 2.78. The summed E-state index contributed by atoms with van der Waals surface area (Å²) in [5.74, 6) is -0.456. The Morgan fingerprint density at radius 2 is 1.86 bits per heavy atom. The number of carboxylic acid groups (broad SMARTS) is 1. The fourth-order valence-corrected chi connectivity index (χ4v) is 2.84. The number of aromatic carboxylic acids is 1. The average Bonchev–Trinajstić information content (AvgIpc) is 2.56. The van der Waals surface area contributed by atoms with E-state index in [-0.39, 0.29) is 0 Å². The summed E-state index contributed by atoms with van der Waals surface area (Å²) in [6.07, 6.45) is 2.16. The predicted octanol–water partition coefficient (Wildman–Crippen LogP) is 2.91. The Kier molecular flexibility index (Phi) is 3.97. The third kappa shape index (κ3) is 2.95. The second-order valence-electron chi connectivity index (χ2n) is 5.32. The topological polar surface area (TPSA) is 62.2 Å². The molecule has 0 unspecified atom stereocenters. The van der Waals surface area contributed by atoms with Gasteiger partial charge in [0, 0.05) is 17.2 Å².